The largest absolute Gasteiger partial charge is 0.396 e. The van der Waals surface area contributed by atoms with Gasteiger partial charge in [-0.3, -0.25) is 29.5 Å². The van der Waals surface area contributed by atoms with Gasteiger partial charge in [0.25, 0.3) is 11.1 Å². The van der Waals surface area contributed by atoms with Crippen LogP contribution >= 0.6 is 0 Å². The predicted molar refractivity (Wildman–Crippen MR) is 98.6 cm³/mol. The molecule has 9 nitrogen and oxygen atoms in total. The number of likely N-dealkylation sites (tertiary alicyclic amines) is 1. The summed E-state index contributed by atoms with van der Waals surface area (Å²) in [5.74, 6) is 0.144. The van der Waals surface area contributed by atoms with E-state index in [1.807, 2.05) is 0 Å². The van der Waals surface area contributed by atoms with Crippen molar-refractivity contribution in [2.45, 2.75) is 31.7 Å². The Bertz CT molecular complexity index is 740. The third kappa shape index (κ3) is 5.06. The van der Waals surface area contributed by atoms with Crippen molar-refractivity contribution in [3.05, 3.63) is 32.3 Å². The Kier molecular flexibility index (Phi) is 6.81. The SMILES string of the molecule is O=C(Cc1cc(=O)[nH][nH]c1=O)N1CC[C@H](N2CCOCC2)[C@H](CCCO)C1. The number of rotatable bonds is 6. The summed E-state index contributed by atoms with van der Waals surface area (Å²) in [5, 5.41) is 13.7. The molecule has 2 fully saturated rings. The first kappa shape index (κ1) is 19.8. The summed E-state index contributed by atoms with van der Waals surface area (Å²) in [7, 11) is 0. The van der Waals surface area contributed by atoms with E-state index >= 15 is 0 Å². The molecule has 0 saturated carbocycles. The van der Waals surface area contributed by atoms with E-state index in [2.05, 4.69) is 15.1 Å². The second kappa shape index (κ2) is 9.29. The number of ether oxygens (including phenoxy) is 1. The van der Waals surface area contributed by atoms with Gasteiger partial charge in [0.05, 0.1) is 19.6 Å². The van der Waals surface area contributed by atoms with E-state index in [1.165, 1.54) is 6.07 Å². The summed E-state index contributed by atoms with van der Waals surface area (Å²) in [6.45, 7) is 4.66. The number of aliphatic hydroxyl groups is 1. The lowest BCUT2D eigenvalue weighted by Crippen LogP contribution is -2.55. The highest BCUT2D eigenvalue weighted by Crippen LogP contribution is 2.27. The lowest BCUT2D eigenvalue weighted by molar-refractivity contribution is -0.134. The van der Waals surface area contributed by atoms with E-state index in [0.717, 1.165) is 39.1 Å². The van der Waals surface area contributed by atoms with Gasteiger partial charge in [0.15, 0.2) is 0 Å². The molecule has 3 N–H and O–H groups in total. The van der Waals surface area contributed by atoms with Crippen molar-refractivity contribution in [1.29, 1.82) is 0 Å². The molecule has 1 amide bonds. The predicted octanol–water partition coefficient (Wildman–Crippen LogP) is -1.07. The third-order valence-corrected chi connectivity index (χ3v) is 5.53. The summed E-state index contributed by atoms with van der Waals surface area (Å²) >= 11 is 0. The average Bonchev–Trinajstić information content (AvgIpc) is 2.69. The molecule has 3 heterocycles. The molecule has 0 aromatic carbocycles. The lowest BCUT2D eigenvalue weighted by Gasteiger charge is -2.45. The first-order chi connectivity index (χ1) is 13.1. The van der Waals surface area contributed by atoms with Crippen molar-refractivity contribution in [2.75, 3.05) is 46.0 Å². The Morgan fingerprint density at radius 1 is 1.22 bits per heavy atom. The number of aromatic amines is 2. The number of H-pyrrole nitrogens is 2. The second-order valence-electron chi connectivity index (χ2n) is 7.26. The zero-order valence-electron chi connectivity index (χ0n) is 15.5. The second-order valence-corrected chi connectivity index (χ2v) is 7.26. The number of carbonyl (C=O) groups is 1. The van der Waals surface area contributed by atoms with Crippen LogP contribution in [0.4, 0.5) is 0 Å². The van der Waals surface area contributed by atoms with Gasteiger partial charge < -0.3 is 14.7 Å². The minimum Gasteiger partial charge on any atom is -0.396 e. The zero-order valence-corrected chi connectivity index (χ0v) is 15.5. The summed E-state index contributed by atoms with van der Waals surface area (Å²) in [6, 6.07) is 1.56. The zero-order chi connectivity index (χ0) is 19.2. The standard InChI is InChI=1S/C18H28N4O5/c23-7-1-2-13-12-22(4-3-15(13)21-5-8-27-9-6-21)17(25)11-14-10-16(24)19-20-18(14)26/h10,13,15,23H,1-9,11-12H2,(H,19,24)(H,20,26)/t13-,15+/m1/s1. The molecule has 0 spiro atoms. The summed E-state index contributed by atoms with van der Waals surface area (Å²) < 4.78 is 5.45. The van der Waals surface area contributed by atoms with Crippen molar-refractivity contribution in [2.24, 2.45) is 5.92 Å². The van der Waals surface area contributed by atoms with Crippen molar-refractivity contribution in [3.63, 3.8) is 0 Å². The molecular weight excluding hydrogens is 352 g/mol. The summed E-state index contributed by atoms with van der Waals surface area (Å²) in [5.41, 5.74) is -0.682. The maximum absolute atomic E-state index is 12.7. The van der Waals surface area contributed by atoms with Gasteiger partial charge in [0, 0.05) is 50.5 Å². The van der Waals surface area contributed by atoms with Crippen molar-refractivity contribution < 1.29 is 14.6 Å². The highest BCUT2D eigenvalue weighted by Gasteiger charge is 2.35. The fraction of sp³-hybridized carbons (Fsp3) is 0.722. The van der Waals surface area contributed by atoms with E-state index < -0.39 is 11.1 Å². The van der Waals surface area contributed by atoms with Crippen LogP contribution in [0, 0.1) is 5.92 Å². The van der Waals surface area contributed by atoms with Gasteiger partial charge in [0.2, 0.25) is 5.91 Å². The molecule has 0 bridgehead atoms. The van der Waals surface area contributed by atoms with Gasteiger partial charge in [-0.2, -0.15) is 0 Å². The molecule has 2 saturated heterocycles. The van der Waals surface area contributed by atoms with Crippen molar-refractivity contribution in [3.8, 4) is 0 Å². The van der Waals surface area contributed by atoms with Gasteiger partial charge >= 0.3 is 0 Å². The normalized spacial score (nSPS) is 24.1. The number of carbonyl (C=O) groups excluding carboxylic acids is 1. The number of nitrogens with one attached hydrogen (secondary N) is 2. The molecule has 2 aliphatic rings. The lowest BCUT2D eigenvalue weighted by atomic mass is 9.86. The number of hydrogen-bond acceptors (Lipinski definition) is 6. The molecule has 1 aromatic heterocycles. The molecule has 27 heavy (non-hydrogen) atoms. The van der Waals surface area contributed by atoms with E-state index in [1.54, 1.807) is 4.90 Å². The van der Waals surface area contributed by atoms with Gasteiger partial charge in [0.1, 0.15) is 0 Å². The summed E-state index contributed by atoms with van der Waals surface area (Å²) in [6.07, 6.45) is 2.36. The molecular formula is C18H28N4O5. The number of morpholine rings is 1. The average molecular weight is 380 g/mol. The first-order valence-corrected chi connectivity index (χ1v) is 9.60. The van der Waals surface area contributed by atoms with Crippen LogP contribution in [0.5, 0.6) is 0 Å². The summed E-state index contributed by atoms with van der Waals surface area (Å²) in [4.78, 5) is 40.2. The van der Waals surface area contributed by atoms with Crippen LogP contribution in [0.25, 0.3) is 0 Å². The van der Waals surface area contributed by atoms with Crippen LogP contribution in [0.15, 0.2) is 15.7 Å². The minimum atomic E-state index is -0.442. The quantitative estimate of drug-likeness (QED) is 0.578. The van der Waals surface area contributed by atoms with Gasteiger partial charge in [-0.05, 0) is 25.2 Å². The van der Waals surface area contributed by atoms with Crippen LogP contribution in [0.1, 0.15) is 24.8 Å². The van der Waals surface area contributed by atoms with Crippen LogP contribution in [-0.4, -0.2) is 83.1 Å². The highest BCUT2D eigenvalue weighted by molar-refractivity contribution is 5.78. The molecule has 0 radical (unpaired) electrons. The fourth-order valence-corrected chi connectivity index (χ4v) is 4.14. The Morgan fingerprint density at radius 2 is 2.00 bits per heavy atom. The number of nitrogens with zero attached hydrogens (tertiary/aromatic N) is 2. The number of piperidine rings is 1. The number of aliphatic hydroxyl groups excluding tert-OH is 1. The van der Waals surface area contributed by atoms with Gasteiger partial charge in [-0.25, -0.2) is 0 Å². The third-order valence-electron chi connectivity index (χ3n) is 5.53. The van der Waals surface area contributed by atoms with Crippen LogP contribution < -0.4 is 11.1 Å². The highest BCUT2D eigenvalue weighted by atomic mass is 16.5. The van der Waals surface area contributed by atoms with Crippen molar-refractivity contribution in [1.82, 2.24) is 20.0 Å². The van der Waals surface area contributed by atoms with E-state index in [-0.39, 0.29) is 30.4 Å². The Morgan fingerprint density at radius 3 is 2.74 bits per heavy atom. The molecule has 9 heteroatoms. The molecule has 150 valence electrons. The molecule has 0 aliphatic carbocycles. The Labute approximate surface area is 157 Å². The fourth-order valence-electron chi connectivity index (χ4n) is 4.14. The maximum atomic E-state index is 12.7. The monoisotopic (exact) mass is 380 g/mol. The van der Waals surface area contributed by atoms with E-state index in [0.29, 0.717) is 25.6 Å². The molecule has 0 unspecified atom stereocenters. The topological polar surface area (TPSA) is 119 Å². The van der Waals surface area contributed by atoms with Crippen LogP contribution in [0.3, 0.4) is 0 Å². The van der Waals surface area contributed by atoms with Crippen LogP contribution in [0.2, 0.25) is 0 Å². The van der Waals surface area contributed by atoms with Gasteiger partial charge in [-0.15, -0.1) is 0 Å². The maximum Gasteiger partial charge on any atom is 0.266 e. The van der Waals surface area contributed by atoms with Crippen molar-refractivity contribution >= 4 is 5.91 Å². The number of amides is 1. The Balaban J connectivity index is 1.66. The number of aromatic nitrogens is 2. The smallest absolute Gasteiger partial charge is 0.266 e. The first-order valence-electron chi connectivity index (χ1n) is 9.60. The molecule has 2 aliphatic heterocycles. The van der Waals surface area contributed by atoms with E-state index in [4.69, 9.17) is 4.74 Å². The molecule has 3 rings (SSSR count). The molecule has 1 aromatic rings. The Hall–Kier alpha value is -1.97. The minimum absolute atomic E-state index is 0.0752. The number of hydrogen-bond donors (Lipinski definition) is 3. The molecule has 2 atom stereocenters. The van der Waals surface area contributed by atoms with E-state index in [9.17, 15) is 19.5 Å². The van der Waals surface area contributed by atoms with Crippen LogP contribution in [-0.2, 0) is 16.0 Å². The van der Waals surface area contributed by atoms with Gasteiger partial charge in [-0.1, -0.05) is 0 Å².